The second-order valence-electron chi connectivity index (χ2n) is 4.69. The van der Waals surface area contributed by atoms with Crippen molar-refractivity contribution in [3.05, 3.63) is 58.7 Å². The first kappa shape index (κ1) is 14.3. The lowest BCUT2D eigenvalue weighted by atomic mass is 10.1. The van der Waals surface area contributed by atoms with Gasteiger partial charge in [-0.05, 0) is 24.0 Å². The molecule has 1 N–H and O–H groups in total. The lowest BCUT2D eigenvalue weighted by molar-refractivity contribution is 0.0933. The SMILES string of the molecule is C[C@@H](NC(=O)c1csnn1)c1noc(Cc2ccccc2)n1. The molecule has 2 heterocycles. The van der Waals surface area contributed by atoms with E-state index >= 15 is 0 Å². The molecule has 0 bridgehead atoms. The molecule has 3 aromatic rings. The van der Waals surface area contributed by atoms with E-state index in [4.69, 9.17) is 4.52 Å². The van der Waals surface area contributed by atoms with Crippen molar-refractivity contribution in [1.29, 1.82) is 0 Å². The molecule has 2 aromatic heterocycles. The number of aromatic nitrogens is 4. The average Bonchev–Trinajstić information content (AvgIpc) is 3.19. The number of hydrogen-bond acceptors (Lipinski definition) is 7. The minimum atomic E-state index is -0.373. The van der Waals surface area contributed by atoms with E-state index in [-0.39, 0.29) is 17.6 Å². The number of carbonyl (C=O) groups excluding carboxylic acids is 1. The zero-order valence-corrected chi connectivity index (χ0v) is 12.6. The van der Waals surface area contributed by atoms with Gasteiger partial charge in [0.15, 0.2) is 11.5 Å². The molecule has 8 heteroatoms. The molecule has 0 saturated carbocycles. The summed E-state index contributed by atoms with van der Waals surface area (Å²) in [5.74, 6) is 0.635. The molecule has 0 aliphatic rings. The third-order valence-corrected chi connectivity index (χ3v) is 3.51. The van der Waals surface area contributed by atoms with E-state index in [2.05, 4.69) is 25.0 Å². The molecule has 22 heavy (non-hydrogen) atoms. The Balaban J connectivity index is 1.64. The second-order valence-corrected chi connectivity index (χ2v) is 5.30. The fourth-order valence-corrected chi connectivity index (χ4v) is 2.32. The molecule has 1 amide bonds. The van der Waals surface area contributed by atoms with E-state index in [1.807, 2.05) is 30.3 Å². The van der Waals surface area contributed by atoms with Crippen LogP contribution in [0.1, 0.15) is 40.7 Å². The number of hydrogen-bond donors (Lipinski definition) is 1. The Morgan fingerprint density at radius 2 is 2.18 bits per heavy atom. The first-order chi connectivity index (χ1) is 10.7. The van der Waals surface area contributed by atoms with Gasteiger partial charge >= 0.3 is 0 Å². The van der Waals surface area contributed by atoms with E-state index in [1.54, 1.807) is 12.3 Å². The monoisotopic (exact) mass is 315 g/mol. The Bertz CT molecular complexity index is 742. The van der Waals surface area contributed by atoms with Crippen LogP contribution in [0.5, 0.6) is 0 Å². The van der Waals surface area contributed by atoms with Crippen molar-refractivity contribution in [2.24, 2.45) is 0 Å². The lowest BCUT2D eigenvalue weighted by Gasteiger charge is -2.07. The molecule has 0 spiro atoms. The molecule has 112 valence electrons. The van der Waals surface area contributed by atoms with E-state index in [1.165, 1.54) is 0 Å². The summed E-state index contributed by atoms with van der Waals surface area (Å²) in [5, 5.41) is 12.0. The normalized spacial score (nSPS) is 12.0. The van der Waals surface area contributed by atoms with Crippen LogP contribution in [0.3, 0.4) is 0 Å². The molecule has 0 saturated heterocycles. The first-order valence-electron chi connectivity index (χ1n) is 6.66. The van der Waals surface area contributed by atoms with Gasteiger partial charge in [-0.3, -0.25) is 4.79 Å². The second kappa shape index (κ2) is 6.44. The third-order valence-electron chi connectivity index (χ3n) is 3.01. The number of carbonyl (C=O) groups is 1. The van der Waals surface area contributed by atoms with Crippen LogP contribution in [-0.2, 0) is 6.42 Å². The van der Waals surface area contributed by atoms with Crippen LogP contribution < -0.4 is 5.32 Å². The summed E-state index contributed by atoms with van der Waals surface area (Å²) in [4.78, 5) is 16.2. The van der Waals surface area contributed by atoms with Crippen molar-refractivity contribution in [1.82, 2.24) is 25.0 Å². The fourth-order valence-electron chi connectivity index (χ4n) is 1.88. The van der Waals surface area contributed by atoms with Gasteiger partial charge in [0, 0.05) is 5.38 Å². The van der Waals surface area contributed by atoms with Crippen molar-refractivity contribution in [3.8, 4) is 0 Å². The molecule has 0 radical (unpaired) electrons. The van der Waals surface area contributed by atoms with Crippen LogP contribution in [0.15, 0.2) is 40.2 Å². The van der Waals surface area contributed by atoms with Crippen molar-refractivity contribution in [2.45, 2.75) is 19.4 Å². The summed E-state index contributed by atoms with van der Waals surface area (Å²) < 4.78 is 8.88. The highest BCUT2D eigenvalue weighted by Crippen LogP contribution is 2.12. The average molecular weight is 315 g/mol. The first-order valence-corrected chi connectivity index (χ1v) is 7.50. The molecular weight excluding hydrogens is 302 g/mol. The van der Waals surface area contributed by atoms with E-state index < -0.39 is 0 Å². The maximum Gasteiger partial charge on any atom is 0.273 e. The van der Waals surface area contributed by atoms with Gasteiger partial charge < -0.3 is 9.84 Å². The van der Waals surface area contributed by atoms with Crippen LogP contribution >= 0.6 is 11.5 Å². The maximum absolute atomic E-state index is 11.9. The van der Waals surface area contributed by atoms with Crippen molar-refractivity contribution in [2.75, 3.05) is 0 Å². The quantitative estimate of drug-likeness (QED) is 0.774. The molecular formula is C14H13N5O2S. The summed E-state index contributed by atoms with van der Waals surface area (Å²) >= 11 is 1.12. The Hall–Kier alpha value is -2.61. The van der Waals surface area contributed by atoms with Crippen LogP contribution in [0, 0.1) is 0 Å². The molecule has 0 aliphatic heterocycles. The summed E-state index contributed by atoms with van der Waals surface area (Å²) in [7, 11) is 0. The summed E-state index contributed by atoms with van der Waals surface area (Å²) in [6.07, 6.45) is 0.560. The molecule has 0 unspecified atom stereocenters. The summed E-state index contributed by atoms with van der Waals surface area (Å²) in [5.41, 5.74) is 1.37. The van der Waals surface area contributed by atoms with Gasteiger partial charge in [-0.1, -0.05) is 40.0 Å². The molecule has 0 aliphatic carbocycles. The third kappa shape index (κ3) is 3.34. The zero-order valence-electron chi connectivity index (χ0n) is 11.8. The number of benzene rings is 1. The molecule has 3 rings (SSSR count). The van der Waals surface area contributed by atoms with Gasteiger partial charge in [-0.15, -0.1) is 5.10 Å². The van der Waals surface area contributed by atoms with Crippen LogP contribution in [0.2, 0.25) is 0 Å². The molecule has 1 aromatic carbocycles. The number of nitrogens with zero attached hydrogens (tertiary/aromatic N) is 4. The topological polar surface area (TPSA) is 93.8 Å². The Morgan fingerprint density at radius 1 is 1.36 bits per heavy atom. The van der Waals surface area contributed by atoms with Crippen LogP contribution in [0.25, 0.3) is 0 Å². The highest BCUT2D eigenvalue weighted by Gasteiger charge is 2.18. The highest BCUT2D eigenvalue weighted by molar-refractivity contribution is 7.03. The minimum absolute atomic E-state index is 0.282. The van der Waals surface area contributed by atoms with Crippen LogP contribution in [-0.4, -0.2) is 25.6 Å². The number of rotatable bonds is 5. The molecule has 1 atom stereocenters. The summed E-state index contributed by atoms with van der Waals surface area (Å²) in [6, 6.07) is 9.47. The minimum Gasteiger partial charge on any atom is -0.341 e. The van der Waals surface area contributed by atoms with Gasteiger partial charge in [0.1, 0.15) is 0 Å². The van der Waals surface area contributed by atoms with Crippen molar-refractivity contribution in [3.63, 3.8) is 0 Å². The standard InChI is InChI=1S/C14H13N5O2S/c1-9(15-14(20)11-8-22-19-17-11)13-16-12(21-18-13)7-10-5-3-2-4-6-10/h2-6,8-9H,7H2,1H3,(H,15,20)/t9-/m1/s1. The highest BCUT2D eigenvalue weighted by atomic mass is 32.1. The lowest BCUT2D eigenvalue weighted by Crippen LogP contribution is -2.27. The zero-order chi connectivity index (χ0) is 15.4. The Labute approximate surface area is 130 Å². The Morgan fingerprint density at radius 3 is 2.91 bits per heavy atom. The molecule has 7 nitrogen and oxygen atoms in total. The number of nitrogens with one attached hydrogen (secondary N) is 1. The fraction of sp³-hybridized carbons (Fsp3) is 0.214. The smallest absolute Gasteiger partial charge is 0.273 e. The number of amides is 1. The Kier molecular flexibility index (Phi) is 4.19. The molecule has 0 fully saturated rings. The summed E-state index contributed by atoms with van der Waals surface area (Å²) in [6.45, 7) is 1.79. The maximum atomic E-state index is 11.9. The van der Waals surface area contributed by atoms with E-state index in [9.17, 15) is 4.79 Å². The van der Waals surface area contributed by atoms with Gasteiger partial charge in [0.2, 0.25) is 5.89 Å². The van der Waals surface area contributed by atoms with Crippen molar-refractivity contribution < 1.29 is 9.32 Å². The van der Waals surface area contributed by atoms with Crippen molar-refractivity contribution >= 4 is 17.4 Å². The van der Waals surface area contributed by atoms with Gasteiger partial charge in [-0.2, -0.15) is 4.98 Å². The van der Waals surface area contributed by atoms with E-state index in [0.29, 0.717) is 18.1 Å². The van der Waals surface area contributed by atoms with Gasteiger partial charge in [-0.25, -0.2) is 0 Å². The predicted molar refractivity (Wildman–Crippen MR) is 79.3 cm³/mol. The van der Waals surface area contributed by atoms with Gasteiger partial charge in [0.05, 0.1) is 12.5 Å². The largest absolute Gasteiger partial charge is 0.341 e. The van der Waals surface area contributed by atoms with E-state index in [0.717, 1.165) is 17.1 Å². The predicted octanol–water partition coefficient (Wildman–Crippen LogP) is 2.00. The van der Waals surface area contributed by atoms with Crippen LogP contribution in [0.4, 0.5) is 0 Å². The van der Waals surface area contributed by atoms with Gasteiger partial charge in [0.25, 0.3) is 5.91 Å².